The standard InChI is InChI=1S/C18H30N2O5/c1-11-8-13(21)20(10-11)15(17(2,3)4)12(9-14(22)23)19-16(24)25-18(5,6)7/h8,12,15H,9-10H2,1-7H3,(H,19,24)(H,22,23)/t12-,15?/m0/s1. The van der Waals surface area contributed by atoms with Gasteiger partial charge in [-0.15, -0.1) is 0 Å². The molecule has 25 heavy (non-hydrogen) atoms. The molecule has 0 aromatic heterocycles. The van der Waals surface area contributed by atoms with Gasteiger partial charge in [-0.05, 0) is 38.7 Å². The lowest BCUT2D eigenvalue weighted by molar-refractivity contribution is -0.140. The van der Waals surface area contributed by atoms with Crippen LogP contribution in [0.25, 0.3) is 0 Å². The highest BCUT2D eigenvalue weighted by molar-refractivity contribution is 5.91. The van der Waals surface area contributed by atoms with Crippen molar-refractivity contribution in [1.29, 1.82) is 0 Å². The zero-order valence-corrected chi connectivity index (χ0v) is 16.2. The fourth-order valence-electron chi connectivity index (χ4n) is 3.10. The summed E-state index contributed by atoms with van der Waals surface area (Å²) in [5.74, 6) is -1.22. The number of hydrogen-bond donors (Lipinski definition) is 2. The molecule has 2 N–H and O–H groups in total. The number of hydrogen-bond acceptors (Lipinski definition) is 4. The third-order valence-corrected chi connectivity index (χ3v) is 3.77. The highest BCUT2D eigenvalue weighted by atomic mass is 16.6. The van der Waals surface area contributed by atoms with Crippen molar-refractivity contribution in [2.75, 3.05) is 6.54 Å². The van der Waals surface area contributed by atoms with Crippen LogP contribution in [-0.4, -0.2) is 52.2 Å². The van der Waals surface area contributed by atoms with Gasteiger partial charge >= 0.3 is 12.1 Å². The minimum absolute atomic E-state index is 0.168. The van der Waals surface area contributed by atoms with Gasteiger partial charge in [-0.2, -0.15) is 0 Å². The Morgan fingerprint density at radius 1 is 1.28 bits per heavy atom. The van der Waals surface area contributed by atoms with Crippen LogP contribution in [-0.2, 0) is 14.3 Å². The van der Waals surface area contributed by atoms with Crippen LogP contribution in [0.1, 0.15) is 54.9 Å². The largest absolute Gasteiger partial charge is 0.481 e. The minimum atomic E-state index is -1.05. The van der Waals surface area contributed by atoms with E-state index in [4.69, 9.17) is 4.74 Å². The van der Waals surface area contributed by atoms with Crippen molar-refractivity contribution < 1.29 is 24.2 Å². The van der Waals surface area contributed by atoms with Crippen LogP contribution in [0.5, 0.6) is 0 Å². The Morgan fingerprint density at radius 2 is 1.84 bits per heavy atom. The fraction of sp³-hybridized carbons (Fsp3) is 0.722. The smallest absolute Gasteiger partial charge is 0.407 e. The Kier molecular flexibility index (Phi) is 6.26. The molecule has 0 fully saturated rings. The number of aliphatic carboxylic acids is 1. The van der Waals surface area contributed by atoms with Crippen molar-refractivity contribution in [1.82, 2.24) is 10.2 Å². The van der Waals surface area contributed by atoms with Crippen LogP contribution < -0.4 is 5.32 Å². The Labute approximate surface area is 149 Å². The van der Waals surface area contributed by atoms with E-state index in [9.17, 15) is 19.5 Å². The average Bonchev–Trinajstić information content (AvgIpc) is 2.62. The molecule has 7 heteroatoms. The number of carbonyl (C=O) groups is 3. The Balaban J connectivity index is 3.11. The van der Waals surface area contributed by atoms with E-state index >= 15 is 0 Å². The van der Waals surface area contributed by atoms with Gasteiger partial charge in [-0.25, -0.2) is 4.79 Å². The van der Waals surface area contributed by atoms with Crippen LogP contribution in [0.3, 0.4) is 0 Å². The van der Waals surface area contributed by atoms with Crippen molar-refractivity contribution in [3.05, 3.63) is 11.6 Å². The number of nitrogens with one attached hydrogen (secondary N) is 1. The maximum Gasteiger partial charge on any atom is 0.407 e. The second-order valence-electron chi connectivity index (χ2n) is 8.62. The molecule has 0 aliphatic carbocycles. The Bertz CT molecular complexity index is 569. The summed E-state index contributed by atoms with van der Waals surface area (Å²) in [5.41, 5.74) is -0.231. The minimum Gasteiger partial charge on any atom is -0.481 e. The van der Waals surface area contributed by atoms with Gasteiger partial charge in [0, 0.05) is 12.6 Å². The average molecular weight is 354 g/mol. The first-order valence-electron chi connectivity index (χ1n) is 8.40. The van der Waals surface area contributed by atoms with Crippen LogP contribution in [0.15, 0.2) is 11.6 Å². The van der Waals surface area contributed by atoms with Gasteiger partial charge in [0.25, 0.3) is 0 Å². The summed E-state index contributed by atoms with van der Waals surface area (Å²) in [6.45, 7) is 13.2. The van der Waals surface area contributed by atoms with E-state index in [1.165, 1.54) is 0 Å². The van der Waals surface area contributed by atoms with Gasteiger partial charge in [0.2, 0.25) is 5.91 Å². The van der Waals surface area contributed by atoms with E-state index in [2.05, 4.69) is 5.32 Å². The van der Waals surface area contributed by atoms with Gasteiger partial charge in [-0.1, -0.05) is 20.8 Å². The van der Waals surface area contributed by atoms with Crippen molar-refractivity contribution in [2.45, 2.75) is 72.6 Å². The molecule has 2 atom stereocenters. The molecule has 0 saturated heterocycles. The summed E-state index contributed by atoms with van der Waals surface area (Å²) in [7, 11) is 0. The van der Waals surface area contributed by atoms with Crippen molar-refractivity contribution in [3.8, 4) is 0 Å². The molecular formula is C18H30N2O5. The number of rotatable bonds is 5. The molecule has 0 saturated carbocycles. The van der Waals surface area contributed by atoms with E-state index in [1.807, 2.05) is 27.7 Å². The number of alkyl carbamates (subject to hydrolysis) is 1. The Morgan fingerprint density at radius 3 is 2.20 bits per heavy atom. The molecule has 0 radical (unpaired) electrons. The molecule has 1 rings (SSSR count). The summed E-state index contributed by atoms with van der Waals surface area (Å²) in [6, 6.07) is -1.26. The molecule has 1 heterocycles. The maximum atomic E-state index is 12.3. The van der Waals surface area contributed by atoms with Crippen LogP contribution in [0.2, 0.25) is 0 Å². The van der Waals surface area contributed by atoms with E-state index < -0.39 is 35.2 Å². The summed E-state index contributed by atoms with van der Waals surface area (Å²) in [6.07, 6.45) is 0.554. The summed E-state index contributed by atoms with van der Waals surface area (Å²) in [5, 5.41) is 12.0. The predicted octanol–water partition coefficient (Wildman–Crippen LogP) is 2.56. The van der Waals surface area contributed by atoms with Crippen molar-refractivity contribution in [2.24, 2.45) is 5.41 Å². The SMILES string of the molecule is CC1=CC(=O)N(C([C@H](CC(=O)O)NC(=O)OC(C)(C)C)C(C)(C)C)C1. The van der Waals surface area contributed by atoms with E-state index in [-0.39, 0.29) is 12.3 Å². The van der Waals surface area contributed by atoms with Crippen LogP contribution in [0, 0.1) is 5.41 Å². The first kappa shape index (κ1) is 21.0. The summed E-state index contributed by atoms with van der Waals surface area (Å²) >= 11 is 0. The fourth-order valence-corrected chi connectivity index (χ4v) is 3.10. The number of amides is 2. The van der Waals surface area contributed by atoms with Gasteiger partial charge in [0.1, 0.15) is 5.60 Å². The maximum absolute atomic E-state index is 12.3. The monoisotopic (exact) mass is 354 g/mol. The molecule has 1 aliphatic rings. The molecule has 1 aliphatic heterocycles. The Hall–Kier alpha value is -2.05. The zero-order chi connectivity index (χ0) is 19.6. The predicted molar refractivity (Wildman–Crippen MR) is 94.1 cm³/mol. The number of ether oxygens (including phenoxy) is 1. The zero-order valence-electron chi connectivity index (χ0n) is 16.2. The molecule has 0 aromatic carbocycles. The molecular weight excluding hydrogens is 324 g/mol. The third-order valence-electron chi connectivity index (χ3n) is 3.77. The molecule has 2 amide bonds. The second-order valence-corrected chi connectivity index (χ2v) is 8.62. The number of carbonyl (C=O) groups excluding carboxylic acids is 2. The highest BCUT2D eigenvalue weighted by Gasteiger charge is 2.42. The van der Waals surface area contributed by atoms with E-state index in [0.29, 0.717) is 6.54 Å². The number of carboxylic acids is 1. The number of carboxylic acid groups (broad SMARTS) is 1. The quantitative estimate of drug-likeness (QED) is 0.791. The van der Waals surface area contributed by atoms with Crippen molar-refractivity contribution >= 4 is 18.0 Å². The molecule has 1 unspecified atom stereocenters. The van der Waals surface area contributed by atoms with Gasteiger partial charge in [-0.3, -0.25) is 9.59 Å². The van der Waals surface area contributed by atoms with Gasteiger partial charge in [0.15, 0.2) is 0 Å². The highest BCUT2D eigenvalue weighted by Crippen LogP contribution is 2.31. The number of nitrogens with zero attached hydrogens (tertiary/aromatic N) is 1. The molecule has 7 nitrogen and oxygen atoms in total. The van der Waals surface area contributed by atoms with Crippen LogP contribution >= 0.6 is 0 Å². The van der Waals surface area contributed by atoms with Gasteiger partial charge in [0.05, 0.1) is 18.5 Å². The third kappa shape index (κ3) is 6.40. The van der Waals surface area contributed by atoms with Gasteiger partial charge < -0.3 is 20.1 Å². The van der Waals surface area contributed by atoms with E-state index in [1.54, 1.807) is 31.7 Å². The van der Waals surface area contributed by atoms with E-state index in [0.717, 1.165) is 5.57 Å². The lowest BCUT2D eigenvalue weighted by Crippen LogP contribution is -2.59. The normalized spacial score (nSPS) is 17.8. The lowest BCUT2D eigenvalue weighted by Gasteiger charge is -2.43. The van der Waals surface area contributed by atoms with Crippen LogP contribution in [0.4, 0.5) is 4.79 Å². The second kappa shape index (κ2) is 7.45. The first-order valence-corrected chi connectivity index (χ1v) is 8.40. The molecule has 0 spiro atoms. The topological polar surface area (TPSA) is 95.9 Å². The van der Waals surface area contributed by atoms with Crippen molar-refractivity contribution in [3.63, 3.8) is 0 Å². The lowest BCUT2D eigenvalue weighted by atomic mass is 9.80. The molecule has 0 aromatic rings. The summed E-state index contributed by atoms with van der Waals surface area (Å²) < 4.78 is 5.26. The first-order chi connectivity index (χ1) is 11.2. The molecule has 142 valence electrons. The molecule has 0 bridgehead atoms. The summed E-state index contributed by atoms with van der Waals surface area (Å²) in [4.78, 5) is 37.5.